The highest BCUT2D eigenvalue weighted by atomic mass is 16.3. The molecule has 0 aliphatic rings. The Morgan fingerprint density at radius 2 is 1.47 bits per heavy atom. The van der Waals surface area contributed by atoms with Crippen molar-refractivity contribution in [2.45, 2.75) is 19.1 Å². The van der Waals surface area contributed by atoms with Crippen LogP contribution in [0.25, 0.3) is 0 Å². The summed E-state index contributed by atoms with van der Waals surface area (Å²) in [5.74, 6) is 3.98. The fourth-order valence-electron chi connectivity index (χ4n) is 2.79. The number of hydrogen-bond donors (Lipinski definition) is 3. The van der Waals surface area contributed by atoms with Gasteiger partial charge in [-0.05, 0) is 48.9 Å². The second kappa shape index (κ2) is 9.83. The van der Waals surface area contributed by atoms with Gasteiger partial charge < -0.3 is 20.4 Å². The molecule has 3 N–H and O–H groups in total. The lowest BCUT2D eigenvalue weighted by molar-refractivity contribution is -0.143. The number of carbonyl (C=O) groups excluding carboxylic acids is 3. The van der Waals surface area contributed by atoms with Gasteiger partial charge in [-0.2, -0.15) is 0 Å². The molecule has 0 unspecified atom stereocenters. The fourth-order valence-corrected chi connectivity index (χ4v) is 2.79. The lowest BCUT2D eigenvalue weighted by Crippen LogP contribution is -2.62. The molecular weight excluding hydrogens is 384 g/mol. The first-order chi connectivity index (χ1) is 14.3. The van der Waals surface area contributed by atoms with Gasteiger partial charge in [0.05, 0.1) is 6.61 Å². The van der Waals surface area contributed by atoms with Crippen LogP contribution in [0.15, 0.2) is 48.5 Å². The van der Waals surface area contributed by atoms with Crippen LogP contribution in [0, 0.1) is 11.8 Å². The third-order valence-electron chi connectivity index (χ3n) is 4.95. The smallest absolute Gasteiger partial charge is 0.254 e. The molecular formula is C23H24N2O5. The zero-order valence-corrected chi connectivity index (χ0v) is 17.1. The number of aliphatic hydroxyl groups excluding tert-OH is 2. The quantitative estimate of drug-likeness (QED) is 0.482. The van der Waals surface area contributed by atoms with E-state index in [4.69, 9.17) is 5.11 Å². The van der Waals surface area contributed by atoms with Crippen LogP contribution in [0.5, 0.6) is 0 Å². The summed E-state index contributed by atoms with van der Waals surface area (Å²) in [5, 5.41) is 20.7. The van der Waals surface area contributed by atoms with Crippen LogP contribution in [-0.2, 0) is 16.2 Å². The lowest BCUT2D eigenvalue weighted by Gasteiger charge is -2.35. The molecule has 2 rings (SSSR count). The Morgan fingerprint density at radius 1 is 0.967 bits per heavy atom. The van der Waals surface area contributed by atoms with Crippen molar-refractivity contribution in [2.24, 2.45) is 0 Å². The van der Waals surface area contributed by atoms with Gasteiger partial charge in [0, 0.05) is 30.8 Å². The van der Waals surface area contributed by atoms with Gasteiger partial charge in [0.1, 0.15) is 6.61 Å². The summed E-state index contributed by atoms with van der Waals surface area (Å²) in [6.07, 6.45) is 0. The third-order valence-corrected chi connectivity index (χ3v) is 4.95. The maximum Gasteiger partial charge on any atom is 0.254 e. The molecule has 0 saturated heterocycles. The first-order valence-electron chi connectivity index (χ1n) is 9.24. The Kier molecular flexibility index (Phi) is 7.48. The topological polar surface area (TPSA) is 107 Å². The third kappa shape index (κ3) is 4.74. The van der Waals surface area contributed by atoms with Crippen molar-refractivity contribution >= 4 is 17.6 Å². The predicted molar refractivity (Wildman–Crippen MR) is 111 cm³/mol. The molecule has 7 nitrogen and oxygen atoms in total. The van der Waals surface area contributed by atoms with Gasteiger partial charge >= 0.3 is 0 Å². The number of likely N-dealkylation sites (N-methyl/N-ethyl adjacent to an activating group) is 2. The number of Topliss-reactive ketones (excluding diaryl/α,β-unsaturated/α-hetero) is 1. The van der Waals surface area contributed by atoms with Gasteiger partial charge in [-0.3, -0.25) is 14.4 Å². The Balaban J connectivity index is 2.22. The molecule has 0 aliphatic heterocycles. The second-order valence-corrected chi connectivity index (χ2v) is 6.78. The lowest BCUT2D eigenvalue weighted by atomic mass is 9.92. The number of aliphatic hydroxyl groups is 2. The van der Waals surface area contributed by atoms with Gasteiger partial charge in [-0.15, -0.1) is 0 Å². The Morgan fingerprint density at radius 3 is 1.90 bits per heavy atom. The number of nitrogens with one attached hydrogen (secondary N) is 1. The first-order valence-corrected chi connectivity index (χ1v) is 9.24. The molecule has 0 radical (unpaired) electrons. The molecule has 0 heterocycles. The minimum Gasteiger partial charge on any atom is -0.392 e. The zero-order chi connectivity index (χ0) is 22.3. The van der Waals surface area contributed by atoms with Gasteiger partial charge in [-0.1, -0.05) is 24.0 Å². The Labute approximate surface area is 175 Å². The van der Waals surface area contributed by atoms with Crippen LogP contribution in [0.3, 0.4) is 0 Å². The average molecular weight is 408 g/mol. The molecule has 0 saturated carbocycles. The molecule has 0 aliphatic carbocycles. The number of carbonyl (C=O) groups is 3. The van der Waals surface area contributed by atoms with Crippen LogP contribution in [0.4, 0.5) is 0 Å². The summed E-state index contributed by atoms with van der Waals surface area (Å²) >= 11 is 0. The molecule has 156 valence electrons. The number of benzene rings is 2. The number of rotatable bonds is 6. The van der Waals surface area contributed by atoms with Crippen molar-refractivity contribution in [3.05, 3.63) is 70.8 Å². The van der Waals surface area contributed by atoms with Gasteiger partial charge in [0.25, 0.3) is 11.8 Å². The molecule has 0 aromatic heterocycles. The monoisotopic (exact) mass is 408 g/mol. The SMILES string of the molecule is CNC(=O)[C@@](C)(C(=O)CO)N(C)C(=O)c1ccc(C#Cc2ccc(CO)cc2)cc1. The minimum absolute atomic E-state index is 0.0273. The molecule has 0 fully saturated rings. The van der Waals surface area contributed by atoms with Crippen LogP contribution >= 0.6 is 0 Å². The van der Waals surface area contributed by atoms with Crippen molar-refractivity contribution in [3.8, 4) is 11.8 Å². The molecule has 2 aromatic carbocycles. The van der Waals surface area contributed by atoms with E-state index in [9.17, 15) is 19.5 Å². The molecule has 2 aromatic rings. The van der Waals surface area contributed by atoms with Gasteiger partial charge in [0.2, 0.25) is 0 Å². The second-order valence-electron chi connectivity index (χ2n) is 6.78. The number of amides is 2. The summed E-state index contributed by atoms with van der Waals surface area (Å²) in [7, 11) is 2.70. The highest BCUT2D eigenvalue weighted by molar-refractivity contribution is 6.14. The van der Waals surface area contributed by atoms with E-state index in [1.807, 2.05) is 12.1 Å². The van der Waals surface area contributed by atoms with Crippen LogP contribution in [0.1, 0.15) is 34.0 Å². The molecule has 7 heteroatoms. The highest BCUT2D eigenvalue weighted by Crippen LogP contribution is 2.19. The van der Waals surface area contributed by atoms with Crippen molar-refractivity contribution in [1.82, 2.24) is 10.2 Å². The minimum atomic E-state index is -1.83. The van der Waals surface area contributed by atoms with E-state index in [0.29, 0.717) is 5.56 Å². The van der Waals surface area contributed by atoms with Crippen molar-refractivity contribution in [2.75, 3.05) is 20.7 Å². The average Bonchev–Trinajstić information content (AvgIpc) is 2.80. The van der Waals surface area contributed by atoms with E-state index < -0.39 is 29.7 Å². The molecule has 0 spiro atoms. The van der Waals surface area contributed by atoms with E-state index >= 15 is 0 Å². The summed E-state index contributed by atoms with van der Waals surface area (Å²) in [6, 6.07) is 13.7. The van der Waals surface area contributed by atoms with Crippen molar-refractivity contribution < 1.29 is 24.6 Å². The fraction of sp³-hybridized carbons (Fsp3) is 0.261. The zero-order valence-electron chi connectivity index (χ0n) is 17.1. The normalized spacial score (nSPS) is 12.2. The van der Waals surface area contributed by atoms with E-state index in [1.165, 1.54) is 21.0 Å². The van der Waals surface area contributed by atoms with E-state index in [1.54, 1.807) is 36.4 Å². The van der Waals surface area contributed by atoms with Gasteiger partial charge in [0.15, 0.2) is 11.3 Å². The maximum atomic E-state index is 12.8. The Bertz CT molecular complexity index is 969. The van der Waals surface area contributed by atoms with Crippen LogP contribution < -0.4 is 5.32 Å². The Hall–Kier alpha value is -3.47. The van der Waals surface area contributed by atoms with Gasteiger partial charge in [-0.25, -0.2) is 0 Å². The van der Waals surface area contributed by atoms with E-state index in [2.05, 4.69) is 17.2 Å². The summed E-state index contributed by atoms with van der Waals surface area (Å²) in [5.41, 5.74) is 0.712. The molecule has 30 heavy (non-hydrogen) atoms. The summed E-state index contributed by atoms with van der Waals surface area (Å²) in [4.78, 5) is 38.3. The summed E-state index contributed by atoms with van der Waals surface area (Å²) in [6.45, 7) is 0.403. The first kappa shape index (κ1) is 22.8. The standard InChI is InChI=1S/C23H24N2O5/c1-23(20(28)15-27,22(30)24-2)25(3)21(29)19-12-10-17(11-13-19)5-4-16-6-8-18(14-26)9-7-16/h6-13,26-27H,14-15H2,1-3H3,(H,24,30)/t23-/m1/s1. The molecule has 0 bridgehead atoms. The number of hydrogen-bond acceptors (Lipinski definition) is 5. The molecule has 2 amide bonds. The largest absolute Gasteiger partial charge is 0.392 e. The van der Waals surface area contributed by atoms with Crippen LogP contribution in [0.2, 0.25) is 0 Å². The maximum absolute atomic E-state index is 12.8. The van der Waals surface area contributed by atoms with Crippen molar-refractivity contribution in [3.63, 3.8) is 0 Å². The number of ketones is 1. The van der Waals surface area contributed by atoms with Crippen LogP contribution in [-0.4, -0.2) is 59.0 Å². The highest BCUT2D eigenvalue weighted by Gasteiger charge is 2.46. The van der Waals surface area contributed by atoms with Crippen molar-refractivity contribution in [1.29, 1.82) is 0 Å². The summed E-state index contributed by atoms with van der Waals surface area (Å²) < 4.78 is 0. The molecule has 1 atom stereocenters. The number of nitrogens with zero attached hydrogens (tertiary/aromatic N) is 1. The predicted octanol–water partition coefficient (Wildman–Crippen LogP) is 0.717. The van der Waals surface area contributed by atoms with E-state index in [0.717, 1.165) is 16.0 Å². The van der Waals surface area contributed by atoms with E-state index in [-0.39, 0.29) is 12.2 Å².